The second kappa shape index (κ2) is 8.38. The van der Waals surface area contributed by atoms with E-state index in [0.29, 0.717) is 26.3 Å². The molecule has 0 bridgehead atoms. The predicted molar refractivity (Wildman–Crippen MR) is 127 cm³/mol. The van der Waals surface area contributed by atoms with Crippen LogP contribution in [-0.4, -0.2) is 70.8 Å². The lowest BCUT2D eigenvalue weighted by atomic mass is 9.95. The van der Waals surface area contributed by atoms with E-state index in [2.05, 4.69) is 4.90 Å². The number of rotatable bonds is 3. The van der Waals surface area contributed by atoms with Gasteiger partial charge in [0.2, 0.25) is 5.91 Å². The smallest absolute Gasteiger partial charge is 0.227 e. The molecule has 0 saturated carbocycles. The SMILES string of the molecule is Cc1nn(-c2ccccc2)c2nc(N3CCCC(C(=O)N4CCC5(CC4)OCCO5)C3)sc12. The number of nitrogens with zero attached hydrogens (tertiary/aromatic N) is 5. The maximum Gasteiger partial charge on any atom is 0.227 e. The monoisotopic (exact) mass is 467 g/mol. The molecule has 1 unspecified atom stereocenters. The highest BCUT2D eigenvalue weighted by molar-refractivity contribution is 7.22. The zero-order valence-electron chi connectivity index (χ0n) is 18.9. The maximum atomic E-state index is 13.3. The molecule has 3 saturated heterocycles. The Morgan fingerprint density at radius 3 is 2.64 bits per heavy atom. The van der Waals surface area contributed by atoms with Gasteiger partial charge >= 0.3 is 0 Å². The third-order valence-electron chi connectivity index (χ3n) is 7.07. The molecule has 33 heavy (non-hydrogen) atoms. The lowest BCUT2D eigenvalue weighted by molar-refractivity contribution is -0.188. The first-order valence-corrected chi connectivity index (χ1v) is 12.7. The topological polar surface area (TPSA) is 72.7 Å². The first-order valence-electron chi connectivity index (χ1n) is 11.9. The molecule has 9 heteroatoms. The molecule has 5 heterocycles. The van der Waals surface area contributed by atoms with Gasteiger partial charge in [0.05, 0.1) is 35.2 Å². The number of carbonyl (C=O) groups is 1. The molecule has 1 amide bonds. The molecule has 8 nitrogen and oxygen atoms in total. The Balaban J connectivity index is 1.18. The molecular formula is C24H29N5O3S. The second-order valence-corrected chi connectivity index (χ2v) is 10.2. The summed E-state index contributed by atoms with van der Waals surface area (Å²) in [6.45, 7) is 6.44. The van der Waals surface area contributed by atoms with Crippen LogP contribution >= 0.6 is 11.3 Å². The van der Waals surface area contributed by atoms with Gasteiger partial charge in [0.15, 0.2) is 16.6 Å². The van der Waals surface area contributed by atoms with Crippen LogP contribution in [-0.2, 0) is 14.3 Å². The first kappa shape index (κ1) is 21.1. The number of benzene rings is 1. The van der Waals surface area contributed by atoms with Crippen molar-refractivity contribution in [2.45, 2.75) is 38.4 Å². The van der Waals surface area contributed by atoms with Gasteiger partial charge in [-0.15, -0.1) is 0 Å². The lowest BCUT2D eigenvalue weighted by Crippen LogP contribution is -2.51. The molecule has 3 aliphatic heterocycles. The number of fused-ring (bicyclic) bond motifs is 1. The molecule has 6 rings (SSSR count). The molecule has 1 atom stereocenters. The van der Waals surface area contributed by atoms with Gasteiger partial charge in [0, 0.05) is 39.0 Å². The fourth-order valence-electron chi connectivity index (χ4n) is 5.27. The van der Waals surface area contributed by atoms with Crippen molar-refractivity contribution in [2.24, 2.45) is 5.92 Å². The number of thiazole rings is 1. The molecule has 2 aromatic heterocycles. The van der Waals surface area contributed by atoms with Crippen LogP contribution in [0.2, 0.25) is 0 Å². The Kier molecular flexibility index (Phi) is 5.35. The van der Waals surface area contributed by atoms with E-state index in [0.717, 1.165) is 65.6 Å². The summed E-state index contributed by atoms with van der Waals surface area (Å²) in [4.78, 5) is 22.6. The Labute approximate surface area is 197 Å². The number of likely N-dealkylation sites (tertiary alicyclic amines) is 1. The van der Waals surface area contributed by atoms with Crippen LogP contribution in [0.4, 0.5) is 5.13 Å². The van der Waals surface area contributed by atoms with Gasteiger partial charge < -0.3 is 19.3 Å². The highest BCUT2D eigenvalue weighted by Crippen LogP contribution is 2.36. The third kappa shape index (κ3) is 3.82. The van der Waals surface area contributed by atoms with Crippen LogP contribution in [0.25, 0.3) is 16.0 Å². The Morgan fingerprint density at radius 2 is 1.88 bits per heavy atom. The standard InChI is InChI=1S/C24H29N5O3S/c1-17-20-21(29(26-17)19-7-3-2-4-8-19)25-23(33-20)28-11-5-6-18(16-28)22(30)27-12-9-24(10-13-27)31-14-15-32-24/h2-4,7-8,18H,5-6,9-16H2,1H3. The highest BCUT2D eigenvalue weighted by Gasteiger charge is 2.42. The van der Waals surface area contributed by atoms with Crippen LogP contribution in [0.5, 0.6) is 0 Å². The van der Waals surface area contributed by atoms with Gasteiger partial charge in [-0.1, -0.05) is 29.5 Å². The van der Waals surface area contributed by atoms with Crippen molar-refractivity contribution in [3.8, 4) is 5.69 Å². The van der Waals surface area contributed by atoms with E-state index in [1.54, 1.807) is 11.3 Å². The van der Waals surface area contributed by atoms with Gasteiger partial charge in [-0.2, -0.15) is 10.1 Å². The van der Waals surface area contributed by atoms with Crippen molar-refractivity contribution >= 4 is 32.7 Å². The third-order valence-corrected chi connectivity index (χ3v) is 8.28. The number of amides is 1. The molecule has 0 radical (unpaired) electrons. The van der Waals surface area contributed by atoms with Gasteiger partial charge in [0.1, 0.15) is 0 Å². The number of hydrogen-bond acceptors (Lipinski definition) is 7. The molecule has 0 N–H and O–H groups in total. The number of aromatic nitrogens is 3. The largest absolute Gasteiger partial charge is 0.347 e. The molecule has 1 aromatic carbocycles. The summed E-state index contributed by atoms with van der Waals surface area (Å²) in [6.07, 6.45) is 3.47. The summed E-state index contributed by atoms with van der Waals surface area (Å²) in [5.41, 5.74) is 2.89. The number of hydrogen-bond donors (Lipinski definition) is 0. The molecular weight excluding hydrogens is 438 g/mol. The molecule has 174 valence electrons. The minimum Gasteiger partial charge on any atom is -0.347 e. The van der Waals surface area contributed by atoms with Crippen molar-refractivity contribution in [1.82, 2.24) is 19.7 Å². The fourth-order valence-corrected chi connectivity index (χ4v) is 6.29. The van der Waals surface area contributed by atoms with E-state index in [4.69, 9.17) is 19.6 Å². The average molecular weight is 468 g/mol. The van der Waals surface area contributed by atoms with Crippen LogP contribution in [0.1, 0.15) is 31.4 Å². The van der Waals surface area contributed by atoms with Gasteiger partial charge in [-0.05, 0) is 31.9 Å². The van der Waals surface area contributed by atoms with E-state index in [1.165, 1.54) is 0 Å². The molecule has 3 fully saturated rings. The number of carbonyl (C=O) groups excluding carboxylic acids is 1. The first-order chi connectivity index (χ1) is 16.1. The highest BCUT2D eigenvalue weighted by atomic mass is 32.1. The summed E-state index contributed by atoms with van der Waals surface area (Å²) >= 11 is 1.68. The van der Waals surface area contributed by atoms with Crippen LogP contribution in [0.3, 0.4) is 0 Å². The fraction of sp³-hybridized carbons (Fsp3) is 0.542. The Bertz CT molecular complexity index is 1140. The second-order valence-electron chi connectivity index (χ2n) is 9.20. The van der Waals surface area contributed by atoms with Gasteiger partial charge in [-0.25, -0.2) is 4.68 Å². The van der Waals surface area contributed by atoms with Crippen LogP contribution in [0, 0.1) is 12.8 Å². The zero-order valence-corrected chi connectivity index (χ0v) is 19.7. The van der Waals surface area contributed by atoms with E-state index in [1.807, 2.05) is 46.8 Å². The van der Waals surface area contributed by atoms with Crippen LogP contribution in [0.15, 0.2) is 30.3 Å². The average Bonchev–Trinajstić information content (AvgIpc) is 3.57. The van der Waals surface area contributed by atoms with Crippen molar-refractivity contribution < 1.29 is 14.3 Å². The Morgan fingerprint density at radius 1 is 1.12 bits per heavy atom. The van der Waals surface area contributed by atoms with E-state index >= 15 is 0 Å². The van der Waals surface area contributed by atoms with Gasteiger partial charge in [0.25, 0.3) is 0 Å². The van der Waals surface area contributed by atoms with Crippen LogP contribution < -0.4 is 4.90 Å². The van der Waals surface area contributed by atoms with Crippen molar-refractivity contribution in [3.05, 3.63) is 36.0 Å². The van der Waals surface area contributed by atoms with E-state index in [9.17, 15) is 4.79 Å². The number of anilines is 1. The summed E-state index contributed by atoms with van der Waals surface area (Å²) < 4.78 is 14.7. The minimum atomic E-state index is -0.444. The van der Waals surface area contributed by atoms with Crippen molar-refractivity contribution in [3.63, 3.8) is 0 Å². The zero-order chi connectivity index (χ0) is 22.4. The molecule has 3 aliphatic rings. The molecule has 1 spiro atoms. The normalized spacial score (nSPS) is 23.0. The van der Waals surface area contributed by atoms with E-state index < -0.39 is 5.79 Å². The van der Waals surface area contributed by atoms with Crippen molar-refractivity contribution in [2.75, 3.05) is 44.3 Å². The summed E-state index contributed by atoms with van der Waals surface area (Å²) in [7, 11) is 0. The molecule has 3 aromatic rings. The number of ether oxygens (including phenoxy) is 2. The van der Waals surface area contributed by atoms with Gasteiger partial charge in [-0.3, -0.25) is 4.79 Å². The van der Waals surface area contributed by atoms with E-state index in [-0.39, 0.29) is 11.8 Å². The summed E-state index contributed by atoms with van der Waals surface area (Å²) in [5.74, 6) is -0.168. The number of piperidine rings is 2. The van der Waals surface area contributed by atoms with Crippen molar-refractivity contribution in [1.29, 1.82) is 0 Å². The lowest BCUT2D eigenvalue weighted by Gasteiger charge is -2.40. The molecule has 0 aliphatic carbocycles. The Hall–Kier alpha value is -2.49. The summed E-state index contributed by atoms with van der Waals surface area (Å²) in [6, 6.07) is 10.1. The quantitative estimate of drug-likeness (QED) is 0.588. The maximum absolute atomic E-state index is 13.3. The minimum absolute atomic E-state index is 0.0111. The summed E-state index contributed by atoms with van der Waals surface area (Å²) in [5, 5.41) is 5.69. The number of para-hydroxylation sites is 1. The number of aryl methyl sites for hydroxylation is 1. The predicted octanol–water partition coefficient (Wildman–Crippen LogP) is 3.37.